The van der Waals surface area contributed by atoms with E-state index in [0.29, 0.717) is 6.54 Å². The second kappa shape index (κ2) is 7.60. The van der Waals surface area contributed by atoms with Crippen LogP contribution in [0.25, 0.3) is 0 Å². The van der Waals surface area contributed by atoms with Gasteiger partial charge in [0.1, 0.15) is 0 Å². The maximum atomic E-state index is 12.0. The average molecular weight is 282 g/mol. The summed E-state index contributed by atoms with van der Waals surface area (Å²) < 4.78 is 0. The quantitative estimate of drug-likeness (QED) is 0.855. The molecule has 1 unspecified atom stereocenters. The lowest BCUT2D eigenvalue weighted by Crippen LogP contribution is -2.43. The molecule has 0 saturated carbocycles. The van der Waals surface area contributed by atoms with E-state index in [9.17, 15) is 4.79 Å². The summed E-state index contributed by atoms with van der Waals surface area (Å²) in [5.41, 5.74) is 2.31. The molecule has 0 heterocycles. The van der Waals surface area contributed by atoms with E-state index in [1.54, 1.807) is 0 Å². The molecule has 0 fully saturated rings. The molecule has 0 aliphatic carbocycles. The van der Waals surface area contributed by atoms with Crippen LogP contribution >= 0.6 is 0 Å². The number of carbonyl (C=O) groups is 1. The van der Waals surface area contributed by atoms with Crippen LogP contribution in [-0.2, 0) is 4.79 Å². The lowest BCUT2D eigenvalue weighted by Gasteiger charge is -2.23. The third kappa shape index (κ3) is 4.17. The highest BCUT2D eigenvalue weighted by Crippen LogP contribution is 2.22. The van der Waals surface area contributed by atoms with Crippen molar-refractivity contribution in [2.24, 2.45) is 0 Å². The summed E-state index contributed by atoms with van der Waals surface area (Å²) >= 11 is 0. The number of hydrogen-bond acceptors (Lipinski definition) is 2. The SMILES string of the molecule is CCNC(=O)C(C)NC(c1ccccc1)c1ccccc1. The third-order valence-electron chi connectivity index (χ3n) is 3.43. The lowest BCUT2D eigenvalue weighted by molar-refractivity contribution is -0.122. The summed E-state index contributed by atoms with van der Waals surface area (Å²) in [6.45, 7) is 4.46. The molecule has 0 bridgehead atoms. The molecule has 2 aromatic carbocycles. The third-order valence-corrected chi connectivity index (χ3v) is 3.43. The topological polar surface area (TPSA) is 41.1 Å². The summed E-state index contributed by atoms with van der Waals surface area (Å²) in [6, 6.07) is 20.1. The van der Waals surface area contributed by atoms with Crippen molar-refractivity contribution in [2.75, 3.05) is 6.54 Å². The van der Waals surface area contributed by atoms with Gasteiger partial charge in [-0.3, -0.25) is 10.1 Å². The van der Waals surface area contributed by atoms with Crippen LogP contribution in [0.4, 0.5) is 0 Å². The van der Waals surface area contributed by atoms with Gasteiger partial charge in [0.25, 0.3) is 0 Å². The van der Waals surface area contributed by atoms with Crippen LogP contribution in [0.2, 0.25) is 0 Å². The fourth-order valence-electron chi connectivity index (χ4n) is 2.33. The van der Waals surface area contributed by atoms with Gasteiger partial charge in [0.15, 0.2) is 0 Å². The Balaban J connectivity index is 2.23. The van der Waals surface area contributed by atoms with Crippen LogP contribution < -0.4 is 10.6 Å². The van der Waals surface area contributed by atoms with Crippen LogP contribution in [0, 0.1) is 0 Å². The van der Waals surface area contributed by atoms with Crippen LogP contribution in [0.15, 0.2) is 60.7 Å². The largest absolute Gasteiger partial charge is 0.355 e. The molecular weight excluding hydrogens is 260 g/mol. The minimum Gasteiger partial charge on any atom is -0.355 e. The van der Waals surface area contributed by atoms with E-state index in [4.69, 9.17) is 0 Å². The van der Waals surface area contributed by atoms with Gasteiger partial charge in [0.05, 0.1) is 12.1 Å². The molecule has 2 aromatic rings. The fourth-order valence-corrected chi connectivity index (χ4v) is 2.33. The van der Waals surface area contributed by atoms with Crippen molar-refractivity contribution >= 4 is 5.91 Å². The van der Waals surface area contributed by atoms with E-state index in [-0.39, 0.29) is 18.0 Å². The number of benzene rings is 2. The second-order valence-electron chi connectivity index (χ2n) is 5.04. The molecule has 2 N–H and O–H groups in total. The van der Waals surface area contributed by atoms with Crippen molar-refractivity contribution < 1.29 is 4.79 Å². The average Bonchev–Trinajstić information content (AvgIpc) is 2.54. The van der Waals surface area contributed by atoms with Crippen molar-refractivity contribution in [3.05, 3.63) is 71.8 Å². The minimum atomic E-state index is -0.254. The molecule has 1 atom stereocenters. The van der Waals surface area contributed by atoms with Gasteiger partial charge in [0, 0.05) is 6.54 Å². The first-order chi connectivity index (χ1) is 10.2. The van der Waals surface area contributed by atoms with Gasteiger partial charge >= 0.3 is 0 Å². The van der Waals surface area contributed by atoms with Gasteiger partial charge in [-0.05, 0) is 25.0 Å². The molecule has 2 rings (SSSR count). The molecule has 0 aromatic heterocycles. The van der Waals surface area contributed by atoms with Crippen LogP contribution in [-0.4, -0.2) is 18.5 Å². The number of likely N-dealkylation sites (N-methyl/N-ethyl adjacent to an activating group) is 1. The number of hydrogen-bond donors (Lipinski definition) is 2. The zero-order valence-corrected chi connectivity index (χ0v) is 12.5. The van der Waals surface area contributed by atoms with E-state index in [1.807, 2.05) is 50.2 Å². The van der Waals surface area contributed by atoms with Gasteiger partial charge in [-0.1, -0.05) is 60.7 Å². The van der Waals surface area contributed by atoms with E-state index in [1.165, 1.54) is 0 Å². The number of amides is 1. The molecule has 1 amide bonds. The molecule has 0 saturated heterocycles. The Kier molecular flexibility index (Phi) is 5.52. The summed E-state index contributed by atoms with van der Waals surface area (Å²) in [6.07, 6.45) is 0. The van der Waals surface area contributed by atoms with Crippen molar-refractivity contribution in [2.45, 2.75) is 25.9 Å². The molecule has 3 nitrogen and oxygen atoms in total. The molecule has 0 spiro atoms. The highest BCUT2D eigenvalue weighted by Gasteiger charge is 2.19. The fraction of sp³-hybridized carbons (Fsp3) is 0.278. The summed E-state index contributed by atoms with van der Waals surface area (Å²) in [5, 5.41) is 6.27. The minimum absolute atomic E-state index is 0.00464. The van der Waals surface area contributed by atoms with E-state index in [0.717, 1.165) is 11.1 Å². The maximum Gasteiger partial charge on any atom is 0.236 e. The molecular formula is C18H22N2O. The number of carbonyl (C=O) groups excluding carboxylic acids is 1. The zero-order valence-electron chi connectivity index (χ0n) is 12.5. The highest BCUT2D eigenvalue weighted by molar-refractivity contribution is 5.81. The number of nitrogens with one attached hydrogen (secondary N) is 2. The molecule has 0 aliphatic heterocycles. The zero-order chi connectivity index (χ0) is 15.1. The Bertz CT molecular complexity index is 514. The van der Waals surface area contributed by atoms with Gasteiger partial charge in [-0.15, -0.1) is 0 Å². The first-order valence-electron chi connectivity index (χ1n) is 7.36. The Morgan fingerprint density at radius 3 is 1.86 bits per heavy atom. The van der Waals surface area contributed by atoms with Gasteiger partial charge in [-0.25, -0.2) is 0 Å². The Hall–Kier alpha value is -2.13. The second-order valence-corrected chi connectivity index (χ2v) is 5.04. The van der Waals surface area contributed by atoms with Gasteiger partial charge < -0.3 is 5.32 Å². The van der Waals surface area contributed by atoms with Crippen molar-refractivity contribution in [3.63, 3.8) is 0 Å². The number of rotatable bonds is 6. The monoisotopic (exact) mass is 282 g/mol. The molecule has 0 radical (unpaired) electrons. The molecule has 3 heteroatoms. The van der Waals surface area contributed by atoms with Crippen LogP contribution in [0.3, 0.4) is 0 Å². The molecule has 110 valence electrons. The molecule has 21 heavy (non-hydrogen) atoms. The maximum absolute atomic E-state index is 12.0. The first-order valence-corrected chi connectivity index (χ1v) is 7.36. The normalized spacial score (nSPS) is 12.1. The Morgan fingerprint density at radius 2 is 1.43 bits per heavy atom. The highest BCUT2D eigenvalue weighted by atomic mass is 16.2. The van der Waals surface area contributed by atoms with Crippen LogP contribution in [0.5, 0.6) is 0 Å². The summed E-state index contributed by atoms with van der Waals surface area (Å²) in [5.74, 6) is 0.0226. The summed E-state index contributed by atoms with van der Waals surface area (Å²) in [7, 11) is 0. The van der Waals surface area contributed by atoms with E-state index >= 15 is 0 Å². The smallest absolute Gasteiger partial charge is 0.236 e. The standard InChI is InChI=1S/C18H22N2O/c1-3-19-18(21)14(2)20-17(15-10-6-4-7-11-15)16-12-8-5-9-13-16/h4-14,17,20H,3H2,1-2H3,(H,19,21). The summed E-state index contributed by atoms with van der Waals surface area (Å²) in [4.78, 5) is 12.0. The van der Waals surface area contributed by atoms with Crippen LogP contribution in [0.1, 0.15) is 31.0 Å². The lowest BCUT2D eigenvalue weighted by atomic mass is 9.98. The van der Waals surface area contributed by atoms with Crippen molar-refractivity contribution in [1.82, 2.24) is 10.6 Å². The first kappa shape index (κ1) is 15.3. The van der Waals surface area contributed by atoms with Crippen molar-refractivity contribution in [1.29, 1.82) is 0 Å². The Labute approximate surface area is 126 Å². The van der Waals surface area contributed by atoms with E-state index in [2.05, 4.69) is 34.9 Å². The predicted molar refractivity (Wildman–Crippen MR) is 86.0 cm³/mol. The molecule has 0 aliphatic rings. The van der Waals surface area contributed by atoms with Gasteiger partial charge in [-0.2, -0.15) is 0 Å². The van der Waals surface area contributed by atoms with Gasteiger partial charge in [0.2, 0.25) is 5.91 Å². The predicted octanol–water partition coefficient (Wildman–Crippen LogP) is 2.89. The Morgan fingerprint density at radius 1 is 0.952 bits per heavy atom. The van der Waals surface area contributed by atoms with Crippen molar-refractivity contribution in [3.8, 4) is 0 Å². The van der Waals surface area contributed by atoms with E-state index < -0.39 is 0 Å².